The smallest absolute Gasteiger partial charge is 0.119 e. The Morgan fingerprint density at radius 1 is 0.889 bits per heavy atom. The average Bonchev–Trinajstić information content (AvgIpc) is 2.72. The van der Waals surface area contributed by atoms with Crippen LogP contribution in [0, 0.1) is 0 Å². The molecular formula is C23H24ClNO2. The molecule has 0 aliphatic rings. The first-order valence-corrected chi connectivity index (χ1v) is 9.42. The second-order valence-electron chi connectivity index (χ2n) is 6.58. The molecule has 0 aromatic heterocycles. The predicted octanol–water partition coefficient (Wildman–Crippen LogP) is 5.13. The predicted molar refractivity (Wildman–Crippen MR) is 110 cm³/mol. The molecule has 3 aromatic rings. The molecule has 0 unspecified atom stereocenters. The monoisotopic (exact) mass is 381 g/mol. The van der Waals surface area contributed by atoms with Crippen LogP contribution < -0.4 is 10.1 Å². The number of halogens is 1. The van der Waals surface area contributed by atoms with Gasteiger partial charge in [0.1, 0.15) is 12.4 Å². The largest absolute Gasteiger partial charge is 0.489 e. The fourth-order valence-corrected chi connectivity index (χ4v) is 2.91. The molecule has 0 radical (unpaired) electrons. The van der Waals surface area contributed by atoms with E-state index in [0.29, 0.717) is 13.2 Å². The molecule has 0 aliphatic carbocycles. The van der Waals surface area contributed by atoms with Gasteiger partial charge in [-0.15, -0.1) is 0 Å². The summed E-state index contributed by atoms with van der Waals surface area (Å²) in [4.78, 5) is 0. The maximum Gasteiger partial charge on any atom is 0.119 e. The molecule has 27 heavy (non-hydrogen) atoms. The molecule has 3 nitrogen and oxygen atoms in total. The third-order valence-corrected chi connectivity index (χ3v) is 4.74. The molecule has 0 aliphatic heterocycles. The van der Waals surface area contributed by atoms with Crippen molar-refractivity contribution in [3.8, 4) is 5.75 Å². The van der Waals surface area contributed by atoms with Crippen LogP contribution in [0.2, 0.25) is 5.02 Å². The number of ether oxygens (including phenoxy) is 1. The number of benzene rings is 3. The van der Waals surface area contributed by atoms with Gasteiger partial charge in [-0.3, -0.25) is 0 Å². The molecule has 2 atom stereocenters. The van der Waals surface area contributed by atoms with Crippen molar-refractivity contribution in [3.63, 3.8) is 0 Å². The van der Waals surface area contributed by atoms with E-state index in [1.54, 1.807) is 0 Å². The van der Waals surface area contributed by atoms with Crippen LogP contribution in [0.5, 0.6) is 5.75 Å². The highest BCUT2D eigenvalue weighted by molar-refractivity contribution is 6.30. The molecule has 0 heterocycles. The third-order valence-electron chi connectivity index (χ3n) is 4.48. The molecule has 2 N–H and O–H groups in total. The minimum absolute atomic E-state index is 0.0479. The molecule has 3 rings (SSSR count). The fourth-order valence-electron chi connectivity index (χ4n) is 2.78. The Kier molecular flexibility index (Phi) is 6.88. The maximum absolute atomic E-state index is 10.4. The molecule has 0 fully saturated rings. The van der Waals surface area contributed by atoms with E-state index in [-0.39, 0.29) is 6.04 Å². The summed E-state index contributed by atoms with van der Waals surface area (Å²) in [6.07, 6.45) is -0.534. The van der Waals surface area contributed by atoms with Gasteiger partial charge in [0.05, 0.1) is 6.10 Å². The van der Waals surface area contributed by atoms with E-state index in [2.05, 4.69) is 5.32 Å². The molecule has 3 aromatic carbocycles. The standard InChI is InChI=1S/C23H24ClNO2/c1-17(23(26)20-5-3-2-4-6-20)25-15-18-9-13-22(14-10-18)27-16-19-7-11-21(24)12-8-19/h2-14,17,23,25-26H,15-16H2,1H3/t17-,23+/m1/s1. The molecule has 0 saturated heterocycles. The lowest BCUT2D eigenvalue weighted by Crippen LogP contribution is -2.31. The van der Waals surface area contributed by atoms with Crippen LogP contribution >= 0.6 is 11.6 Å². The summed E-state index contributed by atoms with van der Waals surface area (Å²) in [6.45, 7) is 3.18. The Balaban J connectivity index is 1.48. The van der Waals surface area contributed by atoms with Crippen molar-refractivity contribution in [2.75, 3.05) is 0 Å². The summed E-state index contributed by atoms with van der Waals surface area (Å²) in [5, 5.41) is 14.5. The molecule has 0 amide bonds. The minimum Gasteiger partial charge on any atom is -0.489 e. The first kappa shape index (κ1) is 19.4. The van der Waals surface area contributed by atoms with E-state index in [9.17, 15) is 5.11 Å². The highest BCUT2D eigenvalue weighted by Gasteiger charge is 2.15. The number of rotatable bonds is 8. The first-order chi connectivity index (χ1) is 13.1. The van der Waals surface area contributed by atoms with Gasteiger partial charge in [0, 0.05) is 17.6 Å². The number of hydrogen-bond donors (Lipinski definition) is 2. The van der Waals surface area contributed by atoms with E-state index in [1.165, 1.54) is 0 Å². The van der Waals surface area contributed by atoms with E-state index < -0.39 is 6.10 Å². The molecular weight excluding hydrogens is 358 g/mol. The third kappa shape index (κ3) is 5.83. The van der Waals surface area contributed by atoms with E-state index in [1.807, 2.05) is 85.8 Å². The van der Waals surface area contributed by atoms with Crippen LogP contribution in [0.15, 0.2) is 78.9 Å². The average molecular weight is 382 g/mol. The van der Waals surface area contributed by atoms with Gasteiger partial charge in [-0.2, -0.15) is 0 Å². The van der Waals surface area contributed by atoms with Gasteiger partial charge in [0.2, 0.25) is 0 Å². The van der Waals surface area contributed by atoms with Gasteiger partial charge >= 0.3 is 0 Å². The number of nitrogens with one attached hydrogen (secondary N) is 1. The van der Waals surface area contributed by atoms with Crippen molar-refractivity contribution in [3.05, 3.63) is 101 Å². The number of hydrogen-bond acceptors (Lipinski definition) is 3. The Morgan fingerprint density at radius 3 is 2.19 bits per heavy atom. The second-order valence-corrected chi connectivity index (χ2v) is 7.02. The van der Waals surface area contributed by atoms with Crippen LogP contribution in [0.3, 0.4) is 0 Å². The Hall–Kier alpha value is -2.33. The van der Waals surface area contributed by atoms with E-state index in [4.69, 9.17) is 16.3 Å². The minimum atomic E-state index is -0.534. The quantitative estimate of drug-likeness (QED) is 0.568. The van der Waals surface area contributed by atoms with Crippen LogP contribution in [0.1, 0.15) is 29.7 Å². The SMILES string of the molecule is C[C@@H](NCc1ccc(OCc2ccc(Cl)cc2)cc1)[C@H](O)c1ccccc1. The maximum atomic E-state index is 10.4. The Labute approximate surface area is 165 Å². The summed E-state index contributed by atoms with van der Waals surface area (Å²) in [6, 6.07) is 25.3. The fraction of sp³-hybridized carbons (Fsp3) is 0.217. The van der Waals surface area contributed by atoms with Gasteiger partial charge in [0.15, 0.2) is 0 Å². The van der Waals surface area contributed by atoms with Gasteiger partial charge < -0.3 is 15.2 Å². The van der Waals surface area contributed by atoms with Crippen molar-refractivity contribution in [1.82, 2.24) is 5.32 Å². The van der Waals surface area contributed by atoms with Crippen molar-refractivity contribution >= 4 is 11.6 Å². The Bertz CT molecular complexity index is 819. The molecule has 4 heteroatoms. The summed E-state index contributed by atoms with van der Waals surface area (Å²) in [7, 11) is 0. The summed E-state index contributed by atoms with van der Waals surface area (Å²) >= 11 is 5.89. The van der Waals surface area contributed by atoms with Crippen LogP contribution in [0.4, 0.5) is 0 Å². The second kappa shape index (κ2) is 9.56. The highest BCUT2D eigenvalue weighted by Crippen LogP contribution is 2.18. The summed E-state index contributed by atoms with van der Waals surface area (Å²) in [5.41, 5.74) is 3.14. The normalized spacial score (nSPS) is 13.1. The number of aliphatic hydroxyl groups is 1. The highest BCUT2D eigenvalue weighted by atomic mass is 35.5. The topological polar surface area (TPSA) is 41.5 Å². The van der Waals surface area contributed by atoms with Crippen LogP contribution in [-0.4, -0.2) is 11.1 Å². The van der Waals surface area contributed by atoms with E-state index >= 15 is 0 Å². The van der Waals surface area contributed by atoms with Gasteiger partial charge in [-0.25, -0.2) is 0 Å². The Morgan fingerprint density at radius 2 is 1.52 bits per heavy atom. The zero-order valence-corrected chi connectivity index (χ0v) is 16.1. The molecule has 0 spiro atoms. The lowest BCUT2D eigenvalue weighted by molar-refractivity contribution is 0.135. The van der Waals surface area contributed by atoms with Gasteiger partial charge in [0.25, 0.3) is 0 Å². The van der Waals surface area contributed by atoms with Crippen LogP contribution in [-0.2, 0) is 13.2 Å². The van der Waals surface area contributed by atoms with Crippen molar-refractivity contribution in [2.45, 2.75) is 32.2 Å². The summed E-state index contributed by atoms with van der Waals surface area (Å²) in [5.74, 6) is 0.825. The molecule has 140 valence electrons. The molecule has 0 saturated carbocycles. The van der Waals surface area contributed by atoms with Crippen LogP contribution in [0.25, 0.3) is 0 Å². The first-order valence-electron chi connectivity index (χ1n) is 9.04. The van der Waals surface area contributed by atoms with Gasteiger partial charge in [-0.1, -0.05) is 66.2 Å². The van der Waals surface area contributed by atoms with Crippen molar-refractivity contribution in [2.24, 2.45) is 0 Å². The van der Waals surface area contributed by atoms with Gasteiger partial charge in [-0.05, 0) is 47.9 Å². The zero-order valence-electron chi connectivity index (χ0n) is 15.3. The van der Waals surface area contributed by atoms with Crippen molar-refractivity contribution < 1.29 is 9.84 Å². The summed E-state index contributed by atoms with van der Waals surface area (Å²) < 4.78 is 5.81. The lowest BCUT2D eigenvalue weighted by Gasteiger charge is -2.20. The lowest BCUT2D eigenvalue weighted by atomic mass is 10.0. The zero-order chi connectivity index (χ0) is 19.1. The van der Waals surface area contributed by atoms with E-state index in [0.717, 1.165) is 27.5 Å². The molecule has 0 bridgehead atoms. The van der Waals surface area contributed by atoms with Crippen molar-refractivity contribution in [1.29, 1.82) is 0 Å². The number of aliphatic hydroxyl groups excluding tert-OH is 1.